The van der Waals surface area contributed by atoms with Gasteiger partial charge in [-0.15, -0.1) is 21.5 Å². The largest absolute Gasteiger partial charge is 0.336 e. The van der Waals surface area contributed by atoms with Crippen LogP contribution in [0.5, 0.6) is 0 Å². The lowest BCUT2D eigenvalue weighted by atomic mass is 10.1. The minimum absolute atomic E-state index is 0.0422. The van der Waals surface area contributed by atoms with Crippen molar-refractivity contribution in [1.82, 2.24) is 19.9 Å². The number of nitrogens with one attached hydrogen (secondary N) is 1. The first-order chi connectivity index (χ1) is 15.0. The van der Waals surface area contributed by atoms with Gasteiger partial charge in [0.1, 0.15) is 11.6 Å². The molecular weight excluding hydrogens is 442 g/mol. The van der Waals surface area contributed by atoms with E-state index in [9.17, 15) is 13.6 Å². The van der Waals surface area contributed by atoms with Gasteiger partial charge in [-0.25, -0.2) is 18.4 Å². The van der Waals surface area contributed by atoms with Gasteiger partial charge in [0.15, 0.2) is 11.0 Å². The summed E-state index contributed by atoms with van der Waals surface area (Å²) >= 11 is 2.38. The molecule has 0 fully saturated rings. The van der Waals surface area contributed by atoms with E-state index in [-0.39, 0.29) is 29.7 Å². The van der Waals surface area contributed by atoms with Crippen LogP contribution in [0.4, 0.5) is 13.9 Å². The van der Waals surface area contributed by atoms with E-state index >= 15 is 0 Å². The van der Waals surface area contributed by atoms with Crippen LogP contribution in [-0.4, -0.2) is 31.5 Å². The van der Waals surface area contributed by atoms with Crippen molar-refractivity contribution in [3.8, 4) is 11.3 Å². The van der Waals surface area contributed by atoms with Gasteiger partial charge in [0.25, 0.3) is 0 Å². The lowest BCUT2D eigenvalue weighted by molar-refractivity contribution is -0.113. The molecule has 2 heterocycles. The molecule has 3 N–H and O–H groups in total. The number of thioether (sulfide) groups is 1. The molecule has 0 bridgehead atoms. The van der Waals surface area contributed by atoms with Gasteiger partial charge in [0.05, 0.1) is 11.4 Å². The van der Waals surface area contributed by atoms with Crippen LogP contribution in [0.25, 0.3) is 11.3 Å². The maximum atomic E-state index is 13.8. The summed E-state index contributed by atoms with van der Waals surface area (Å²) in [7, 11) is 0. The van der Waals surface area contributed by atoms with Crippen LogP contribution in [-0.2, 0) is 11.2 Å². The number of thiazole rings is 1. The number of nitrogens with zero attached hydrogens (tertiary/aromatic N) is 4. The zero-order chi connectivity index (χ0) is 21.8. The molecular formula is C20H16F2N6OS2. The molecule has 0 aliphatic heterocycles. The number of anilines is 1. The summed E-state index contributed by atoms with van der Waals surface area (Å²) in [4.78, 5) is 16.6. The van der Waals surface area contributed by atoms with E-state index in [4.69, 9.17) is 5.84 Å². The minimum Gasteiger partial charge on any atom is -0.336 e. The van der Waals surface area contributed by atoms with Crippen LogP contribution in [0.15, 0.2) is 59.1 Å². The average molecular weight is 459 g/mol. The number of aromatic nitrogens is 4. The number of carbonyl (C=O) groups excluding carboxylic acids is 1. The molecule has 4 aromatic rings. The topological polar surface area (TPSA) is 98.7 Å². The lowest BCUT2D eigenvalue weighted by Gasteiger charge is -2.05. The van der Waals surface area contributed by atoms with E-state index in [1.165, 1.54) is 34.2 Å². The van der Waals surface area contributed by atoms with Crippen molar-refractivity contribution >= 4 is 34.1 Å². The van der Waals surface area contributed by atoms with E-state index in [2.05, 4.69) is 20.5 Å². The second kappa shape index (κ2) is 9.23. The van der Waals surface area contributed by atoms with E-state index in [1.54, 1.807) is 35.7 Å². The maximum absolute atomic E-state index is 13.8. The summed E-state index contributed by atoms with van der Waals surface area (Å²) in [6.45, 7) is 0. The van der Waals surface area contributed by atoms with Crippen molar-refractivity contribution in [3.05, 3.63) is 76.9 Å². The predicted octanol–water partition coefficient (Wildman–Crippen LogP) is 3.72. The molecule has 0 saturated heterocycles. The molecule has 1 amide bonds. The Bertz CT molecular complexity index is 1210. The fourth-order valence-corrected chi connectivity index (χ4v) is 4.12. The summed E-state index contributed by atoms with van der Waals surface area (Å²) in [5, 5.41) is 13.2. The van der Waals surface area contributed by atoms with Gasteiger partial charge in [-0.1, -0.05) is 30.0 Å². The SMILES string of the molecule is Nn1c(Cc2ccccc2F)nnc1SCC(=O)Nc1nc(-c2ccc(F)cc2)cs1. The van der Waals surface area contributed by atoms with Crippen LogP contribution < -0.4 is 11.2 Å². The Labute approximate surface area is 184 Å². The summed E-state index contributed by atoms with van der Waals surface area (Å²) in [6.07, 6.45) is 0.189. The highest BCUT2D eigenvalue weighted by molar-refractivity contribution is 7.99. The van der Waals surface area contributed by atoms with Crippen LogP contribution in [0, 0.1) is 11.6 Å². The second-order valence-corrected chi connectivity index (χ2v) is 8.22. The number of halogens is 2. The molecule has 0 saturated carbocycles. The van der Waals surface area contributed by atoms with Gasteiger partial charge in [-0.05, 0) is 35.9 Å². The molecule has 2 aromatic carbocycles. The molecule has 7 nitrogen and oxygen atoms in total. The maximum Gasteiger partial charge on any atom is 0.236 e. The van der Waals surface area contributed by atoms with Crippen LogP contribution in [0.3, 0.4) is 0 Å². The number of nitrogen functional groups attached to an aromatic ring is 1. The summed E-state index contributed by atoms with van der Waals surface area (Å²) in [6, 6.07) is 12.3. The number of rotatable bonds is 7. The van der Waals surface area contributed by atoms with Gasteiger partial charge in [-0.2, -0.15) is 0 Å². The minimum atomic E-state index is -0.345. The number of hydrogen-bond acceptors (Lipinski definition) is 7. The van der Waals surface area contributed by atoms with E-state index in [0.29, 0.717) is 27.4 Å². The third kappa shape index (κ3) is 5.06. The number of benzene rings is 2. The first-order valence-corrected chi connectivity index (χ1v) is 10.9. The second-order valence-electron chi connectivity index (χ2n) is 6.42. The van der Waals surface area contributed by atoms with Crippen molar-refractivity contribution < 1.29 is 13.6 Å². The van der Waals surface area contributed by atoms with Crippen molar-refractivity contribution in [2.24, 2.45) is 0 Å². The molecule has 4 rings (SSSR count). The third-order valence-electron chi connectivity index (χ3n) is 4.26. The van der Waals surface area contributed by atoms with Crippen LogP contribution in [0.1, 0.15) is 11.4 Å². The van der Waals surface area contributed by atoms with Crippen LogP contribution in [0.2, 0.25) is 0 Å². The zero-order valence-electron chi connectivity index (χ0n) is 16.0. The Kier molecular flexibility index (Phi) is 6.23. The normalized spacial score (nSPS) is 10.9. The molecule has 31 heavy (non-hydrogen) atoms. The number of amides is 1. The summed E-state index contributed by atoms with van der Waals surface area (Å²) < 4.78 is 28.1. The molecule has 158 valence electrons. The van der Waals surface area contributed by atoms with Gasteiger partial charge in [0, 0.05) is 17.4 Å². The van der Waals surface area contributed by atoms with Gasteiger partial charge < -0.3 is 11.2 Å². The molecule has 0 aliphatic rings. The van der Waals surface area contributed by atoms with E-state index in [0.717, 1.165) is 17.3 Å². The van der Waals surface area contributed by atoms with Crippen LogP contribution >= 0.6 is 23.1 Å². The number of nitrogens with two attached hydrogens (primary N) is 1. The highest BCUT2D eigenvalue weighted by atomic mass is 32.2. The number of carbonyl (C=O) groups is 1. The van der Waals surface area contributed by atoms with Gasteiger partial charge in [0.2, 0.25) is 11.1 Å². The number of hydrogen-bond donors (Lipinski definition) is 2. The summed E-state index contributed by atoms with van der Waals surface area (Å²) in [5.41, 5.74) is 1.86. The molecule has 0 atom stereocenters. The van der Waals surface area contributed by atoms with E-state index < -0.39 is 0 Å². The zero-order valence-corrected chi connectivity index (χ0v) is 17.6. The molecule has 0 aliphatic carbocycles. The first-order valence-electron chi connectivity index (χ1n) is 9.06. The highest BCUT2D eigenvalue weighted by Crippen LogP contribution is 2.25. The fraction of sp³-hybridized carbons (Fsp3) is 0.100. The Morgan fingerprint density at radius 1 is 1.13 bits per heavy atom. The Hall–Kier alpha value is -3.31. The molecule has 11 heteroatoms. The van der Waals surface area contributed by atoms with Crippen molar-refractivity contribution in [3.63, 3.8) is 0 Å². The smallest absolute Gasteiger partial charge is 0.236 e. The molecule has 0 spiro atoms. The van der Waals surface area contributed by atoms with Crippen molar-refractivity contribution in [2.75, 3.05) is 16.9 Å². The quantitative estimate of drug-likeness (QED) is 0.324. The third-order valence-corrected chi connectivity index (χ3v) is 5.97. The highest BCUT2D eigenvalue weighted by Gasteiger charge is 2.15. The average Bonchev–Trinajstić information content (AvgIpc) is 3.36. The molecule has 2 aromatic heterocycles. The van der Waals surface area contributed by atoms with Gasteiger partial charge >= 0.3 is 0 Å². The van der Waals surface area contributed by atoms with Crippen molar-refractivity contribution in [1.29, 1.82) is 0 Å². The van der Waals surface area contributed by atoms with E-state index in [1.807, 2.05) is 0 Å². The Morgan fingerprint density at radius 3 is 2.68 bits per heavy atom. The lowest BCUT2D eigenvalue weighted by Crippen LogP contribution is -2.17. The Morgan fingerprint density at radius 2 is 1.90 bits per heavy atom. The van der Waals surface area contributed by atoms with Crippen molar-refractivity contribution in [2.45, 2.75) is 11.6 Å². The summed E-state index contributed by atoms with van der Waals surface area (Å²) in [5.74, 6) is 5.47. The monoisotopic (exact) mass is 458 g/mol. The first kappa shape index (κ1) is 20.9. The fourth-order valence-electron chi connectivity index (χ4n) is 2.71. The predicted molar refractivity (Wildman–Crippen MR) is 116 cm³/mol. The Balaban J connectivity index is 1.34. The molecule has 0 radical (unpaired) electrons. The standard InChI is InChI=1S/C20H16F2N6OS2/c21-14-7-5-12(6-8-14)16-10-30-19(24-16)25-18(29)11-31-20-27-26-17(28(20)23)9-13-3-1-2-4-15(13)22/h1-8,10H,9,11,23H2,(H,24,25,29). The molecule has 0 unspecified atom stereocenters. The van der Waals surface area contributed by atoms with Gasteiger partial charge in [-0.3, -0.25) is 4.79 Å².